The molecule has 0 amide bonds. The van der Waals surface area contributed by atoms with Gasteiger partial charge in [-0.3, -0.25) is 0 Å². The third kappa shape index (κ3) is 1.18. The lowest BCUT2D eigenvalue weighted by molar-refractivity contribution is 0.449. The summed E-state index contributed by atoms with van der Waals surface area (Å²) in [4.78, 5) is 0. The van der Waals surface area contributed by atoms with Crippen LogP contribution in [0.25, 0.3) is 0 Å². The average Bonchev–Trinajstić information content (AvgIpc) is 2.86. The van der Waals surface area contributed by atoms with Gasteiger partial charge in [-0.1, -0.05) is 13.0 Å². The Kier molecular flexibility index (Phi) is 2.08. The van der Waals surface area contributed by atoms with Crippen molar-refractivity contribution in [3.8, 4) is 0 Å². The minimum absolute atomic E-state index is 0.0491. The summed E-state index contributed by atoms with van der Waals surface area (Å²) in [5.74, 6) is -0.337. The van der Waals surface area contributed by atoms with Crippen LogP contribution in [0.2, 0.25) is 0 Å². The Morgan fingerprint density at radius 1 is 1.44 bits per heavy atom. The summed E-state index contributed by atoms with van der Waals surface area (Å²) in [6, 6.07) is 4.34. The zero-order valence-electron chi connectivity index (χ0n) is 9.26. The molecule has 1 heterocycles. The zero-order chi connectivity index (χ0) is 11.3. The molecule has 0 spiro atoms. The number of hydrogen-bond donors (Lipinski definition) is 1. The van der Waals surface area contributed by atoms with Crippen LogP contribution in [0, 0.1) is 17.6 Å². The highest BCUT2D eigenvalue weighted by molar-refractivity contribution is 5.40. The van der Waals surface area contributed by atoms with Gasteiger partial charge in [-0.15, -0.1) is 0 Å². The molecule has 1 saturated heterocycles. The highest BCUT2D eigenvalue weighted by atomic mass is 19.1. The van der Waals surface area contributed by atoms with Crippen molar-refractivity contribution < 1.29 is 8.78 Å². The van der Waals surface area contributed by atoms with E-state index < -0.39 is 5.82 Å². The Morgan fingerprint density at radius 2 is 2.25 bits per heavy atom. The van der Waals surface area contributed by atoms with Crippen molar-refractivity contribution in [1.29, 1.82) is 0 Å². The van der Waals surface area contributed by atoms with Crippen LogP contribution in [-0.2, 0) is 5.41 Å². The molecule has 1 aliphatic heterocycles. The lowest BCUT2D eigenvalue weighted by Gasteiger charge is -2.23. The second kappa shape index (κ2) is 3.27. The maximum atomic E-state index is 13.8. The van der Waals surface area contributed by atoms with E-state index >= 15 is 0 Å². The maximum Gasteiger partial charge on any atom is 0.129 e. The van der Waals surface area contributed by atoms with Crippen molar-refractivity contribution in [2.45, 2.75) is 31.2 Å². The molecule has 1 nitrogen and oxygen atoms in total. The fraction of sp³-hybridized carbons (Fsp3) is 0.538. The summed E-state index contributed by atoms with van der Waals surface area (Å²) in [6.45, 7) is 3.08. The van der Waals surface area contributed by atoms with Gasteiger partial charge in [-0.25, -0.2) is 8.78 Å². The predicted molar refractivity (Wildman–Crippen MR) is 58.2 cm³/mol. The zero-order valence-corrected chi connectivity index (χ0v) is 9.26. The van der Waals surface area contributed by atoms with Crippen molar-refractivity contribution in [2.24, 2.45) is 5.92 Å². The first-order valence-electron chi connectivity index (χ1n) is 5.87. The number of fused-ring (bicyclic) bond motifs is 1. The molecular weight excluding hydrogens is 208 g/mol. The second-order valence-corrected chi connectivity index (χ2v) is 4.93. The molecule has 2 fully saturated rings. The van der Waals surface area contributed by atoms with Gasteiger partial charge >= 0.3 is 0 Å². The maximum absolute atomic E-state index is 13.8. The van der Waals surface area contributed by atoms with Gasteiger partial charge in [-0.2, -0.15) is 0 Å². The topological polar surface area (TPSA) is 12.0 Å². The Balaban J connectivity index is 2.04. The molecule has 1 aromatic carbocycles. The van der Waals surface area contributed by atoms with E-state index in [2.05, 4.69) is 12.2 Å². The lowest BCUT2D eigenvalue weighted by Crippen LogP contribution is -2.34. The van der Waals surface area contributed by atoms with Crippen LogP contribution in [0.4, 0.5) is 8.78 Å². The summed E-state index contributed by atoms with van der Waals surface area (Å²) < 4.78 is 26.7. The number of hydrogen-bond acceptors (Lipinski definition) is 1. The molecule has 16 heavy (non-hydrogen) atoms. The van der Waals surface area contributed by atoms with Crippen molar-refractivity contribution >= 4 is 0 Å². The smallest absolute Gasteiger partial charge is 0.129 e. The Hall–Kier alpha value is -0.960. The van der Waals surface area contributed by atoms with E-state index in [-0.39, 0.29) is 11.2 Å². The third-order valence-corrected chi connectivity index (χ3v) is 4.23. The highest BCUT2D eigenvalue weighted by Crippen LogP contribution is 2.60. The summed E-state index contributed by atoms with van der Waals surface area (Å²) in [7, 11) is 0. The molecule has 2 aliphatic rings. The number of nitrogens with one attached hydrogen (secondary N) is 1. The van der Waals surface area contributed by atoms with Gasteiger partial charge in [0, 0.05) is 17.5 Å². The van der Waals surface area contributed by atoms with Crippen molar-refractivity contribution in [2.75, 3.05) is 6.54 Å². The van der Waals surface area contributed by atoms with Gasteiger partial charge in [-0.05, 0) is 36.9 Å². The fourth-order valence-electron chi connectivity index (χ4n) is 3.39. The van der Waals surface area contributed by atoms with Gasteiger partial charge < -0.3 is 5.32 Å². The van der Waals surface area contributed by atoms with Gasteiger partial charge in [0.1, 0.15) is 11.6 Å². The largest absolute Gasteiger partial charge is 0.313 e. The van der Waals surface area contributed by atoms with E-state index in [1.54, 1.807) is 6.07 Å². The van der Waals surface area contributed by atoms with Crippen LogP contribution in [-0.4, -0.2) is 12.6 Å². The van der Waals surface area contributed by atoms with Crippen LogP contribution in [0.3, 0.4) is 0 Å². The second-order valence-electron chi connectivity index (χ2n) is 4.93. The van der Waals surface area contributed by atoms with Crippen LogP contribution < -0.4 is 5.32 Å². The number of benzene rings is 1. The van der Waals surface area contributed by atoms with Gasteiger partial charge in [0.25, 0.3) is 0 Å². The van der Waals surface area contributed by atoms with E-state index in [0.717, 1.165) is 25.5 Å². The molecular formula is C13H15F2N. The molecule has 0 radical (unpaired) electrons. The number of piperidine rings is 1. The molecule has 86 valence electrons. The molecule has 0 bridgehead atoms. The molecule has 3 atom stereocenters. The first-order valence-corrected chi connectivity index (χ1v) is 5.87. The predicted octanol–water partition coefficient (Wildman–Crippen LogP) is 2.60. The molecule has 3 rings (SSSR count). The van der Waals surface area contributed by atoms with E-state index in [4.69, 9.17) is 0 Å². The van der Waals surface area contributed by atoms with E-state index in [1.807, 2.05) is 0 Å². The molecule has 3 heteroatoms. The molecule has 1 saturated carbocycles. The average molecular weight is 223 g/mol. The van der Waals surface area contributed by atoms with E-state index in [9.17, 15) is 8.78 Å². The fourth-order valence-corrected chi connectivity index (χ4v) is 3.39. The summed E-state index contributed by atoms with van der Waals surface area (Å²) in [5.41, 5.74) is 0.655. The van der Waals surface area contributed by atoms with Crippen LogP contribution in [0.15, 0.2) is 18.2 Å². The number of halogens is 2. The van der Waals surface area contributed by atoms with Crippen LogP contribution >= 0.6 is 0 Å². The molecule has 3 unspecified atom stereocenters. The van der Waals surface area contributed by atoms with Crippen LogP contribution in [0.1, 0.15) is 25.3 Å². The quantitative estimate of drug-likeness (QED) is 0.812. The monoisotopic (exact) mass is 223 g/mol. The minimum Gasteiger partial charge on any atom is -0.313 e. The van der Waals surface area contributed by atoms with Crippen molar-refractivity contribution in [3.05, 3.63) is 35.4 Å². The SMILES string of the molecule is CCC1NCC2CC21c1ccc(F)cc1F. The highest BCUT2D eigenvalue weighted by Gasteiger charge is 2.63. The molecule has 1 aliphatic carbocycles. The van der Waals surface area contributed by atoms with E-state index in [0.29, 0.717) is 17.5 Å². The first-order chi connectivity index (χ1) is 7.68. The Morgan fingerprint density at radius 3 is 2.88 bits per heavy atom. The summed E-state index contributed by atoms with van der Waals surface area (Å²) in [5, 5.41) is 3.43. The minimum atomic E-state index is -0.492. The molecule has 1 aromatic rings. The molecule has 0 aromatic heterocycles. The van der Waals surface area contributed by atoms with Crippen LogP contribution in [0.5, 0.6) is 0 Å². The lowest BCUT2D eigenvalue weighted by atomic mass is 9.86. The Labute approximate surface area is 93.9 Å². The van der Waals surface area contributed by atoms with Crippen molar-refractivity contribution in [1.82, 2.24) is 5.32 Å². The first kappa shape index (κ1) is 10.2. The molecule has 1 N–H and O–H groups in total. The van der Waals surface area contributed by atoms with E-state index in [1.165, 1.54) is 6.07 Å². The normalized spacial score (nSPS) is 36.2. The standard InChI is InChI=1S/C13H15F2N/c1-2-12-13(6-8(13)7-16-12)10-4-3-9(14)5-11(10)15/h3-5,8,12,16H,2,6-7H2,1H3. The van der Waals surface area contributed by atoms with Gasteiger partial charge in [0.05, 0.1) is 0 Å². The van der Waals surface area contributed by atoms with Gasteiger partial charge in [0.15, 0.2) is 0 Å². The third-order valence-electron chi connectivity index (χ3n) is 4.23. The Bertz CT molecular complexity index is 432. The summed E-state index contributed by atoms with van der Waals surface area (Å²) >= 11 is 0. The van der Waals surface area contributed by atoms with Crippen molar-refractivity contribution in [3.63, 3.8) is 0 Å². The number of rotatable bonds is 2. The summed E-state index contributed by atoms with van der Waals surface area (Å²) in [6.07, 6.45) is 2.04. The van der Waals surface area contributed by atoms with Gasteiger partial charge in [0.2, 0.25) is 0 Å².